The Morgan fingerprint density at radius 3 is 2.11 bits per heavy atom. The Bertz CT molecular complexity index is 429. The molecule has 6 nitrogen and oxygen atoms in total. The van der Waals surface area contributed by atoms with Crippen LogP contribution >= 0.6 is 0 Å². The second kappa shape index (κ2) is 7.38. The summed E-state index contributed by atoms with van der Waals surface area (Å²) in [7, 11) is 1.30. The number of methoxy groups -OCH3 is 1. The van der Waals surface area contributed by atoms with E-state index in [1.807, 2.05) is 13.8 Å². The number of benzene rings is 1. The molecule has 19 heavy (non-hydrogen) atoms. The molecule has 0 aromatic heterocycles. The maximum absolute atomic E-state index is 11.6. The smallest absolute Gasteiger partial charge is 0.411 e. The van der Waals surface area contributed by atoms with Crippen molar-refractivity contribution in [1.29, 1.82) is 0 Å². The standard InChI is InChI=1S/C13H19N3O3/c1-9(2)14-8-12(17)15-10-4-6-11(7-5-10)16-13(18)19-3/h4-7,9,14H,8H2,1-3H3,(H,15,17)(H,16,18). The van der Waals surface area contributed by atoms with Crippen molar-refractivity contribution >= 4 is 23.4 Å². The number of carbonyl (C=O) groups excluding carboxylic acids is 2. The molecule has 0 unspecified atom stereocenters. The lowest BCUT2D eigenvalue weighted by atomic mass is 10.3. The molecule has 0 radical (unpaired) electrons. The largest absolute Gasteiger partial charge is 0.453 e. The monoisotopic (exact) mass is 265 g/mol. The Morgan fingerprint density at radius 2 is 1.63 bits per heavy atom. The van der Waals surface area contributed by atoms with Gasteiger partial charge >= 0.3 is 6.09 Å². The molecule has 0 bridgehead atoms. The Morgan fingerprint density at radius 1 is 1.11 bits per heavy atom. The molecular weight excluding hydrogens is 246 g/mol. The average Bonchev–Trinajstić information content (AvgIpc) is 2.38. The van der Waals surface area contributed by atoms with E-state index in [9.17, 15) is 9.59 Å². The van der Waals surface area contributed by atoms with Gasteiger partial charge in [0.2, 0.25) is 5.91 Å². The van der Waals surface area contributed by atoms with Crippen molar-refractivity contribution in [2.45, 2.75) is 19.9 Å². The van der Waals surface area contributed by atoms with Crippen molar-refractivity contribution in [3.63, 3.8) is 0 Å². The molecule has 0 heterocycles. The maximum Gasteiger partial charge on any atom is 0.411 e. The minimum Gasteiger partial charge on any atom is -0.453 e. The van der Waals surface area contributed by atoms with Crippen LogP contribution in [0.2, 0.25) is 0 Å². The Hall–Kier alpha value is -2.08. The van der Waals surface area contributed by atoms with E-state index in [0.717, 1.165) is 0 Å². The number of amides is 2. The van der Waals surface area contributed by atoms with Gasteiger partial charge in [-0.2, -0.15) is 0 Å². The summed E-state index contributed by atoms with van der Waals surface area (Å²) in [6.07, 6.45) is -0.530. The second-order valence-corrected chi connectivity index (χ2v) is 4.28. The fourth-order valence-corrected chi connectivity index (χ4v) is 1.31. The summed E-state index contributed by atoms with van der Waals surface area (Å²) in [5.74, 6) is -0.109. The first-order chi connectivity index (χ1) is 9.01. The number of nitrogens with one attached hydrogen (secondary N) is 3. The molecule has 0 aliphatic rings. The van der Waals surface area contributed by atoms with Gasteiger partial charge in [0.05, 0.1) is 13.7 Å². The van der Waals surface area contributed by atoms with Crippen LogP contribution in [0.3, 0.4) is 0 Å². The zero-order chi connectivity index (χ0) is 14.3. The van der Waals surface area contributed by atoms with Crippen molar-refractivity contribution in [1.82, 2.24) is 5.32 Å². The molecule has 1 rings (SSSR count). The molecule has 1 aromatic carbocycles. The topological polar surface area (TPSA) is 79.5 Å². The fourth-order valence-electron chi connectivity index (χ4n) is 1.31. The lowest BCUT2D eigenvalue weighted by molar-refractivity contribution is -0.115. The van der Waals surface area contributed by atoms with Crippen LogP contribution in [-0.2, 0) is 9.53 Å². The normalized spacial score (nSPS) is 10.1. The van der Waals surface area contributed by atoms with E-state index in [-0.39, 0.29) is 18.5 Å². The fraction of sp³-hybridized carbons (Fsp3) is 0.385. The first kappa shape index (κ1) is 15.0. The third-order valence-corrected chi connectivity index (χ3v) is 2.27. The number of rotatable bonds is 5. The van der Waals surface area contributed by atoms with Gasteiger partial charge in [-0.25, -0.2) is 4.79 Å². The molecule has 1 aromatic rings. The first-order valence-corrected chi connectivity index (χ1v) is 5.99. The van der Waals surface area contributed by atoms with Gasteiger partial charge in [-0.15, -0.1) is 0 Å². The summed E-state index contributed by atoms with van der Waals surface area (Å²) >= 11 is 0. The first-order valence-electron chi connectivity index (χ1n) is 5.99. The quantitative estimate of drug-likeness (QED) is 0.758. The molecule has 6 heteroatoms. The summed E-state index contributed by atoms with van der Waals surface area (Å²) in [6, 6.07) is 7.04. The van der Waals surface area contributed by atoms with Gasteiger partial charge in [-0.1, -0.05) is 13.8 Å². The van der Waals surface area contributed by atoms with Gasteiger partial charge in [-0.3, -0.25) is 10.1 Å². The van der Waals surface area contributed by atoms with E-state index in [4.69, 9.17) is 0 Å². The number of carbonyl (C=O) groups is 2. The number of ether oxygens (including phenoxy) is 1. The highest BCUT2D eigenvalue weighted by atomic mass is 16.5. The van der Waals surface area contributed by atoms with Crippen molar-refractivity contribution in [2.24, 2.45) is 0 Å². The molecule has 2 amide bonds. The molecule has 0 saturated carbocycles. The highest BCUT2D eigenvalue weighted by molar-refractivity contribution is 5.92. The van der Waals surface area contributed by atoms with Crippen LogP contribution in [0.1, 0.15) is 13.8 Å². The van der Waals surface area contributed by atoms with E-state index in [1.165, 1.54) is 7.11 Å². The number of hydrogen-bond acceptors (Lipinski definition) is 4. The lowest BCUT2D eigenvalue weighted by Gasteiger charge is -2.09. The lowest BCUT2D eigenvalue weighted by Crippen LogP contribution is -2.32. The van der Waals surface area contributed by atoms with Gasteiger partial charge in [0, 0.05) is 17.4 Å². The predicted molar refractivity (Wildman–Crippen MR) is 74.2 cm³/mol. The van der Waals surface area contributed by atoms with Crippen molar-refractivity contribution in [3.05, 3.63) is 24.3 Å². The van der Waals surface area contributed by atoms with E-state index >= 15 is 0 Å². The zero-order valence-electron chi connectivity index (χ0n) is 11.3. The average molecular weight is 265 g/mol. The minimum atomic E-state index is -0.530. The summed E-state index contributed by atoms with van der Waals surface area (Å²) in [4.78, 5) is 22.5. The molecule has 3 N–H and O–H groups in total. The Labute approximate surface area is 112 Å². The predicted octanol–water partition coefficient (Wildman–Crippen LogP) is 1.80. The van der Waals surface area contributed by atoms with Crippen LogP contribution in [0.5, 0.6) is 0 Å². The van der Waals surface area contributed by atoms with Gasteiger partial charge < -0.3 is 15.4 Å². The highest BCUT2D eigenvalue weighted by Crippen LogP contribution is 2.13. The van der Waals surface area contributed by atoms with Gasteiger partial charge in [0.1, 0.15) is 0 Å². The highest BCUT2D eigenvalue weighted by Gasteiger charge is 2.04. The summed E-state index contributed by atoms with van der Waals surface area (Å²) in [5, 5.41) is 8.30. The van der Waals surface area contributed by atoms with Crippen molar-refractivity contribution < 1.29 is 14.3 Å². The third kappa shape index (κ3) is 5.87. The number of hydrogen-bond donors (Lipinski definition) is 3. The summed E-state index contributed by atoms with van der Waals surface area (Å²) < 4.78 is 4.48. The molecule has 104 valence electrons. The molecule has 0 aliphatic carbocycles. The van der Waals surface area contributed by atoms with Gasteiger partial charge in [0.15, 0.2) is 0 Å². The van der Waals surface area contributed by atoms with E-state index in [2.05, 4.69) is 20.7 Å². The number of anilines is 2. The van der Waals surface area contributed by atoms with Crippen LogP contribution in [0, 0.1) is 0 Å². The molecular formula is C13H19N3O3. The van der Waals surface area contributed by atoms with Gasteiger partial charge in [-0.05, 0) is 24.3 Å². The van der Waals surface area contributed by atoms with Crippen molar-refractivity contribution in [3.8, 4) is 0 Å². The van der Waals surface area contributed by atoms with Crippen LogP contribution < -0.4 is 16.0 Å². The third-order valence-electron chi connectivity index (χ3n) is 2.27. The molecule has 0 atom stereocenters. The second-order valence-electron chi connectivity index (χ2n) is 4.28. The molecule has 0 spiro atoms. The maximum atomic E-state index is 11.6. The van der Waals surface area contributed by atoms with Crippen LogP contribution in [0.4, 0.5) is 16.2 Å². The van der Waals surface area contributed by atoms with Crippen LogP contribution in [0.15, 0.2) is 24.3 Å². The van der Waals surface area contributed by atoms with E-state index < -0.39 is 6.09 Å². The van der Waals surface area contributed by atoms with Crippen LogP contribution in [0.25, 0.3) is 0 Å². The SMILES string of the molecule is COC(=O)Nc1ccc(NC(=O)CNC(C)C)cc1. The van der Waals surface area contributed by atoms with Crippen LogP contribution in [-0.4, -0.2) is 31.7 Å². The van der Waals surface area contributed by atoms with Gasteiger partial charge in [0.25, 0.3) is 0 Å². The molecule has 0 saturated heterocycles. The van der Waals surface area contributed by atoms with E-state index in [0.29, 0.717) is 11.4 Å². The minimum absolute atomic E-state index is 0.109. The Balaban J connectivity index is 2.47. The van der Waals surface area contributed by atoms with E-state index in [1.54, 1.807) is 24.3 Å². The Kier molecular flexibility index (Phi) is 5.81. The molecule has 0 aliphatic heterocycles. The summed E-state index contributed by atoms with van der Waals surface area (Å²) in [5.41, 5.74) is 1.27. The summed E-state index contributed by atoms with van der Waals surface area (Å²) in [6.45, 7) is 4.21. The van der Waals surface area contributed by atoms with Crippen molar-refractivity contribution in [2.75, 3.05) is 24.3 Å². The zero-order valence-corrected chi connectivity index (χ0v) is 11.3. The molecule has 0 fully saturated rings.